The second kappa shape index (κ2) is 12.4. The number of anilines is 2. The van der Waals surface area contributed by atoms with Crippen molar-refractivity contribution in [2.75, 3.05) is 4.90 Å². The Bertz CT molecular complexity index is 3160. The first-order valence-corrected chi connectivity index (χ1v) is 18.8. The predicted molar refractivity (Wildman–Crippen MR) is 229 cm³/mol. The Kier molecular flexibility index (Phi) is 7.03. The van der Waals surface area contributed by atoms with Crippen molar-refractivity contribution >= 4 is 82.0 Å². The number of hydrogen-bond acceptors (Lipinski definition) is 2. The van der Waals surface area contributed by atoms with Gasteiger partial charge in [0, 0.05) is 27.2 Å². The SMILES string of the molecule is C1=C(c2ccccc2)CCC(N(c2ccc(-c3cc4ccccc4c4ccccc34)c3ccccc23)c2cccc3ccc4c5ccccc5oc4c23)=C1. The standard InChI is InChI=1S/C52H35NO/c1-2-13-34(14-3-1)35-25-28-38(29-26-35)53(49-23-12-16-36-27-30-46-45-22-10-11-24-50(45)54-52(46)51(36)49)48-32-31-43(41-19-8-9-21-44(41)48)47-33-37-15-4-5-17-39(37)40-18-6-7-20-42(40)47/h1-25,27-28,30-33H,26,29H2. The summed E-state index contributed by atoms with van der Waals surface area (Å²) in [6, 6.07) is 63.8. The molecule has 0 atom stereocenters. The smallest absolute Gasteiger partial charge is 0.145 e. The Hall–Kier alpha value is -6.90. The van der Waals surface area contributed by atoms with Gasteiger partial charge >= 0.3 is 0 Å². The largest absolute Gasteiger partial charge is 0.455 e. The van der Waals surface area contributed by atoms with Gasteiger partial charge in [-0.2, -0.15) is 0 Å². The van der Waals surface area contributed by atoms with E-state index in [1.54, 1.807) is 0 Å². The van der Waals surface area contributed by atoms with Crippen LogP contribution in [-0.2, 0) is 0 Å². The average Bonchev–Trinajstić information content (AvgIpc) is 3.63. The van der Waals surface area contributed by atoms with Crippen molar-refractivity contribution in [1.82, 2.24) is 0 Å². The zero-order valence-corrected chi connectivity index (χ0v) is 29.7. The minimum Gasteiger partial charge on any atom is -0.455 e. The van der Waals surface area contributed by atoms with Crippen molar-refractivity contribution in [3.63, 3.8) is 0 Å². The number of rotatable bonds is 5. The zero-order chi connectivity index (χ0) is 35.6. The van der Waals surface area contributed by atoms with E-state index in [9.17, 15) is 0 Å². The number of allylic oxidation sites excluding steroid dienone is 4. The normalized spacial score (nSPS) is 13.3. The molecule has 1 aliphatic rings. The van der Waals surface area contributed by atoms with Gasteiger partial charge in [-0.25, -0.2) is 0 Å². The molecular formula is C52H35NO. The minimum atomic E-state index is 0.901. The highest BCUT2D eigenvalue weighted by molar-refractivity contribution is 6.21. The van der Waals surface area contributed by atoms with Crippen molar-refractivity contribution in [2.24, 2.45) is 0 Å². The van der Waals surface area contributed by atoms with Crippen LogP contribution in [0.5, 0.6) is 0 Å². The molecule has 254 valence electrons. The first-order chi connectivity index (χ1) is 26.8. The molecule has 0 amide bonds. The van der Waals surface area contributed by atoms with E-state index >= 15 is 0 Å². The van der Waals surface area contributed by atoms with Gasteiger partial charge in [0.1, 0.15) is 11.2 Å². The summed E-state index contributed by atoms with van der Waals surface area (Å²) < 4.78 is 6.74. The van der Waals surface area contributed by atoms with Gasteiger partial charge in [-0.05, 0) is 104 Å². The Labute approximate surface area is 313 Å². The molecule has 0 aliphatic heterocycles. The van der Waals surface area contributed by atoms with Crippen molar-refractivity contribution < 1.29 is 4.42 Å². The molecule has 0 fully saturated rings. The maximum atomic E-state index is 6.74. The molecule has 1 aromatic heterocycles. The third-order valence-corrected chi connectivity index (χ3v) is 11.4. The predicted octanol–water partition coefficient (Wildman–Crippen LogP) is 14.8. The Morgan fingerprint density at radius 3 is 1.91 bits per heavy atom. The first kappa shape index (κ1) is 30.7. The van der Waals surface area contributed by atoms with Crippen LogP contribution in [0.25, 0.3) is 81.7 Å². The fourth-order valence-corrected chi connectivity index (χ4v) is 8.85. The van der Waals surface area contributed by atoms with E-state index in [1.807, 2.05) is 0 Å². The summed E-state index contributed by atoms with van der Waals surface area (Å²) in [6.45, 7) is 0. The van der Waals surface area contributed by atoms with E-state index in [4.69, 9.17) is 4.42 Å². The van der Waals surface area contributed by atoms with Crippen molar-refractivity contribution in [3.05, 3.63) is 199 Å². The molecule has 0 saturated carbocycles. The molecule has 0 radical (unpaired) electrons. The summed E-state index contributed by atoms with van der Waals surface area (Å²) in [4.78, 5) is 2.51. The summed E-state index contributed by atoms with van der Waals surface area (Å²) in [6.07, 6.45) is 6.51. The Morgan fingerprint density at radius 1 is 0.407 bits per heavy atom. The fraction of sp³-hybridized carbons (Fsp3) is 0.0385. The molecule has 0 unspecified atom stereocenters. The monoisotopic (exact) mass is 689 g/mol. The van der Waals surface area contributed by atoms with E-state index in [0.29, 0.717) is 0 Å². The van der Waals surface area contributed by atoms with Crippen LogP contribution >= 0.6 is 0 Å². The highest BCUT2D eigenvalue weighted by Gasteiger charge is 2.25. The number of para-hydroxylation sites is 1. The van der Waals surface area contributed by atoms with Gasteiger partial charge in [-0.1, -0.05) is 152 Å². The summed E-state index contributed by atoms with van der Waals surface area (Å²) in [5, 5.41) is 12.1. The van der Waals surface area contributed by atoms with Crippen LogP contribution < -0.4 is 4.90 Å². The molecule has 9 aromatic carbocycles. The first-order valence-electron chi connectivity index (χ1n) is 18.8. The lowest BCUT2D eigenvalue weighted by molar-refractivity contribution is 0.672. The third-order valence-electron chi connectivity index (χ3n) is 11.4. The topological polar surface area (TPSA) is 16.4 Å². The summed E-state index contributed by atoms with van der Waals surface area (Å²) in [5.41, 5.74) is 10.5. The maximum Gasteiger partial charge on any atom is 0.145 e. The van der Waals surface area contributed by atoms with Gasteiger partial charge in [0.05, 0.1) is 11.4 Å². The van der Waals surface area contributed by atoms with Crippen molar-refractivity contribution in [2.45, 2.75) is 12.8 Å². The third kappa shape index (κ3) is 4.81. The Morgan fingerprint density at radius 2 is 1.09 bits per heavy atom. The van der Waals surface area contributed by atoms with E-state index in [0.717, 1.165) is 56.9 Å². The molecule has 1 heterocycles. The molecular weight excluding hydrogens is 655 g/mol. The average molecular weight is 690 g/mol. The fourth-order valence-electron chi connectivity index (χ4n) is 8.85. The number of fused-ring (bicyclic) bond motifs is 9. The minimum absolute atomic E-state index is 0.901. The molecule has 10 aromatic rings. The van der Waals surface area contributed by atoms with Crippen LogP contribution in [0.1, 0.15) is 18.4 Å². The molecule has 0 N–H and O–H groups in total. The Balaban J connectivity index is 1.19. The lowest BCUT2D eigenvalue weighted by Crippen LogP contribution is -2.18. The van der Waals surface area contributed by atoms with Crippen molar-refractivity contribution in [1.29, 1.82) is 0 Å². The van der Waals surface area contributed by atoms with E-state index in [2.05, 4.69) is 193 Å². The highest BCUT2D eigenvalue weighted by Crippen LogP contribution is 2.47. The molecule has 0 saturated heterocycles. The highest BCUT2D eigenvalue weighted by atomic mass is 16.3. The van der Waals surface area contributed by atoms with Crippen LogP contribution in [0.2, 0.25) is 0 Å². The number of hydrogen-bond donors (Lipinski definition) is 0. The molecule has 11 rings (SSSR count). The van der Waals surface area contributed by atoms with E-state index in [-0.39, 0.29) is 0 Å². The molecule has 0 spiro atoms. The second-order valence-corrected chi connectivity index (χ2v) is 14.3. The lowest BCUT2D eigenvalue weighted by Gasteiger charge is -2.32. The molecule has 1 aliphatic carbocycles. The van der Waals surface area contributed by atoms with Crippen LogP contribution in [0.15, 0.2) is 198 Å². The number of benzene rings is 9. The van der Waals surface area contributed by atoms with Gasteiger partial charge < -0.3 is 9.32 Å². The van der Waals surface area contributed by atoms with Gasteiger partial charge in [0.2, 0.25) is 0 Å². The van der Waals surface area contributed by atoms with E-state index < -0.39 is 0 Å². The molecule has 54 heavy (non-hydrogen) atoms. The zero-order valence-electron chi connectivity index (χ0n) is 29.7. The van der Waals surface area contributed by atoms with Crippen molar-refractivity contribution in [3.8, 4) is 11.1 Å². The van der Waals surface area contributed by atoms with Gasteiger partial charge in [0.15, 0.2) is 0 Å². The molecule has 2 nitrogen and oxygen atoms in total. The summed E-state index contributed by atoms with van der Waals surface area (Å²) >= 11 is 0. The van der Waals surface area contributed by atoms with Crippen LogP contribution in [0.4, 0.5) is 11.4 Å². The lowest BCUT2D eigenvalue weighted by atomic mass is 9.89. The van der Waals surface area contributed by atoms with Crippen LogP contribution in [0.3, 0.4) is 0 Å². The number of nitrogens with zero attached hydrogens (tertiary/aromatic N) is 1. The maximum absolute atomic E-state index is 6.74. The quantitative estimate of drug-likeness (QED) is 0.167. The summed E-state index contributed by atoms with van der Waals surface area (Å²) in [5.74, 6) is 0. The van der Waals surface area contributed by atoms with Crippen LogP contribution in [0, 0.1) is 0 Å². The van der Waals surface area contributed by atoms with Crippen LogP contribution in [-0.4, -0.2) is 0 Å². The molecule has 0 bridgehead atoms. The van der Waals surface area contributed by atoms with Gasteiger partial charge in [0.25, 0.3) is 0 Å². The number of furan rings is 1. The second-order valence-electron chi connectivity index (χ2n) is 14.3. The van der Waals surface area contributed by atoms with Gasteiger partial charge in [-0.3, -0.25) is 0 Å². The van der Waals surface area contributed by atoms with E-state index in [1.165, 1.54) is 60.3 Å². The van der Waals surface area contributed by atoms with Gasteiger partial charge in [-0.15, -0.1) is 0 Å². The summed E-state index contributed by atoms with van der Waals surface area (Å²) in [7, 11) is 0. The molecule has 2 heteroatoms.